The topological polar surface area (TPSA) is 228 Å². The fraction of sp³-hybridized carbons (Fsp3) is 0.727. The molecule has 2 saturated heterocycles. The predicted molar refractivity (Wildman–Crippen MR) is 373 cm³/mol. The van der Waals surface area contributed by atoms with E-state index in [9.17, 15) is 45.6 Å². The van der Waals surface area contributed by atoms with Crippen LogP contribution >= 0.6 is 0 Å². The number of hydrogen-bond acceptors (Lipinski definition) is 13. The lowest BCUT2D eigenvalue weighted by Gasteiger charge is -2.46. The number of aliphatic hydroxyl groups is 8. The average Bonchev–Trinajstić information content (AvgIpc) is 1.19. The number of carbonyl (C=O) groups excluding carboxylic acids is 1. The van der Waals surface area contributed by atoms with Gasteiger partial charge in [0, 0.05) is 6.42 Å². The summed E-state index contributed by atoms with van der Waals surface area (Å²) in [5.41, 5.74) is 0. The van der Waals surface area contributed by atoms with Gasteiger partial charge in [0.2, 0.25) is 5.91 Å². The Morgan fingerprint density at radius 1 is 0.407 bits per heavy atom. The summed E-state index contributed by atoms with van der Waals surface area (Å²) in [5, 5.41) is 87.4. The van der Waals surface area contributed by atoms with E-state index in [1.54, 1.807) is 6.08 Å². The van der Waals surface area contributed by atoms with Gasteiger partial charge in [0.1, 0.15) is 48.8 Å². The Balaban J connectivity index is 1.63. The molecule has 91 heavy (non-hydrogen) atoms. The lowest BCUT2D eigenvalue weighted by atomic mass is 9.97. The average molecular weight is 1280 g/mol. The van der Waals surface area contributed by atoms with Crippen molar-refractivity contribution >= 4 is 5.91 Å². The zero-order valence-electron chi connectivity index (χ0n) is 56.8. The van der Waals surface area contributed by atoms with Gasteiger partial charge in [-0.15, -0.1) is 0 Å². The van der Waals surface area contributed by atoms with Crippen molar-refractivity contribution in [1.29, 1.82) is 0 Å². The van der Waals surface area contributed by atoms with Crippen LogP contribution in [0.1, 0.15) is 264 Å². The number of allylic oxidation sites excluding steroid dienone is 19. The van der Waals surface area contributed by atoms with E-state index >= 15 is 0 Å². The molecule has 0 saturated carbocycles. The van der Waals surface area contributed by atoms with Gasteiger partial charge in [0.05, 0.1) is 32.0 Å². The first kappa shape index (κ1) is 83.5. The smallest absolute Gasteiger partial charge is 0.220 e. The predicted octanol–water partition coefficient (Wildman–Crippen LogP) is 15.3. The Morgan fingerprint density at radius 2 is 0.769 bits per heavy atom. The molecule has 12 unspecified atom stereocenters. The minimum atomic E-state index is -1.80. The minimum absolute atomic E-state index is 0.252. The zero-order chi connectivity index (χ0) is 65.9. The van der Waals surface area contributed by atoms with Crippen LogP contribution in [0.5, 0.6) is 0 Å². The van der Waals surface area contributed by atoms with Gasteiger partial charge < -0.3 is 65.1 Å². The van der Waals surface area contributed by atoms with Crippen molar-refractivity contribution < 1.29 is 64.6 Å². The molecule has 0 bridgehead atoms. The summed E-state index contributed by atoms with van der Waals surface area (Å²) in [6.45, 7) is 2.67. The molecule has 1 amide bonds. The van der Waals surface area contributed by atoms with Crippen molar-refractivity contribution in [3.05, 3.63) is 122 Å². The van der Waals surface area contributed by atoms with Crippen molar-refractivity contribution in [3.8, 4) is 0 Å². The maximum Gasteiger partial charge on any atom is 0.220 e. The van der Waals surface area contributed by atoms with Crippen LogP contribution in [-0.2, 0) is 23.7 Å². The maximum atomic E-state index is 13.3. The largest absolute Gasteiger partial charge is 0.394 e. The fourth-order valence-electron chi connectivity index (χ4n) is 11.1. The van der Waals surface area contributed by atoms with Gasteiger partial charge in [-0.2, -0.15) is 0 Å². The second kappa shape index (κ2) is 60.1. The van der Waals surface area contributed by atoms with E-state index in [1.165, 1.54) is 141 Å². The molecule has 0 spiro atoms. The molecule has 9 N–H and O–H groups in total. The molecule has 2 rings (SSSR count). The van der Waals surface area contributed by atoms with Gasteiger partial charge in [-0.25, -0.2) is 0 Å². The third-order valence-corrected chi connectivity index (χ3v) is 16.9. The molecule has 2 aliphatic rings. The molecule has 0 aromatic carbocycles. The van der Waals surface area contributed by atoms with E-state index in [0.29, 0.717) is 12.8 Å². The van der Waals surface area contributed by atoms with E-state index in [1.807, 2.05) is 6.08 Å². The van der Waals surface area contributed by atoms with E-state index < -0.39 is 86.8 Å². The van der Waals surface area contributed by atoms with E-state index in [-0.39, 0.29) is 18.9 Å². The maximum absolute atomic E-state index is 13.3. The summed E-state index contributed by atoms with van der Waals surface area (Å²) in [7, 11) is 0. The van der Waals surface area contributed by atoms with E-state index in [2.05, 4.69) is 129 Å². The summed E-state index contributed by atoms with van der Waals surface area (Å²) >= 11 is 0. The number of aliphatic hydroxyl groups excluding tert-OH is 8. The number of carbonyl (C=O) groups is 1. The van der Waals surface area contributed by atoms with Gasteiger partial charge >= 0.3 is 0 Å². The highest BCUT2D eigenvalue weighted by Crippen LogP contribution is 2.30. The van der Waals surface area contributed by atoms with Crippen molar-refractivity contribution in [2.24, 2.45) is 0 Å². The molecule has 2 aliphatic heterocycles. The lowest BCUT2D eigenvalue weighted by Crippen LogP contribution is -2.65. The molecule has 12 atom stereocenters. The second-order valence-corrected chi connectivity index (χ2v) is 25.0. The van der Waals surface area contributed by atoms with Crippen molar-refractivity contribution in [2.45, 2.75) is 338 Å². The van der Waals surface area contributed by atoms with Crippen LogP contribution in [0.25, 0.3) is 0 Å². The number of rotatable bonds is 58. The first-order valence-corrected chi connectivity index (χ1v) is 36.3. The van der Waals surface area contributed by atoms with E-state index in [4.69, 9.17) is 18.9 Å². The highest BCUT2D eigenvalue weighted by Gasteiger charge is 2.51. The van der Waals surface area contributed by atoms with Crippen LogP contribution in [-0.4, -0.2) is 140 Å². The third kappa shape index (κ3) is 43.9. The Hall–Kier alpha value is -3.61. The molecule has 0 aliphatic carbocycles. The highest BCUT2D eigenvalue weighted by atomic mass is 16.7. The van der Waals surface area contributed by atoms with Crippen LogP contribution in [0.2, 0.25) is 0 Å². The second-order valence-electron chi connectivity index (χ2n) is 25.0. The van der Waals surface area contributed by atoms with Crippen LogP contribution in [0.4, 0.5) is 0 Å². The first-order chi connectivity index (χ1) is 44.6. The van der Waals surface area contributed by atoms with Crippen LogP contribution in [0, 0.1) is 0 Å². The van der Waals surface area contributed by atoms with Gasteiger partial charge in [-0.3, -0.25) is 4.79 Å². The number of ether oxygens (including phenoxy) is 4. The number of unbranched alkanes of at least 4 members (excludes halogenated alkanes) is 27. The summed E-state index contributed by atoms with van der Waals surface area (Å²) in [4.78, 5) is 13.3. The van der Waals surface area contributed by atoms with Crippen LogP contribution < -0.4 is 5.32 Å². The highest BCUT2D eigenvalue weighted by molar-refractivity contribution is 5.76. The monoisotopic (exact) mass is 1280 g/mol. The molecule has 2 fully saturated rings. The molecule has 0 radical (unpaired) electrons. The minimum Gasteiger partial charge on any atom is -0.394 e. The van der Waals surface area contributed by atoms with Crippen LogP contribution in [0.3, 0.4) is 0 Å². The Labute approximate surface area is 552 Å². The molecule has 522 valence electrons. The van der Waals surface area contributed by atoms with Gasteiger partial charge in [0.25, 0.3) is 0 Å². The normalized spacial score (nSPS) is 23.5. The summed E-state index contributed by atoms with van der Waals surface area (Å²) in [5.74, 6) is -0.252. The van der Waals surface area contributed by atoms with Gasteiger partial charge in [-0.1, -0.05) is 283 Å². The summed E-state index contributed by atoms with van der Waals surface area (Å²) < 4.78 is 22.8. The zero-order valence-corrected chi connectivity index (χ0v) is 56.8. The van der Waals surface area contributed by atoms with Gasteiger partial charge in [-0.05, 0) is 96.3 Å². The molecule has 14 nitrogen and oxygen atoms in total. The molecule has 0 aromatic heterocycles. The number of hydrogen-bond donors (Lipinski definition) is 9. The molecular weight excluding hydrogens is 1150 g/mol. The summed E-state index contributed by atoms with van der Waals surface area (Å²) in [6.07, 6.45) is 71.1. The third-order valence-electron chi connectivity index (χ3n) is 16.9. The molecular formula is C77H131NO13. The number of nitrogens with one attached hydrogen (secondary N) is 1. The molecule has 2 heterocycles. The van der Waals surface area contributed by atoms with Gasteiger partial charge in [0.15, 0.2) is 12.6 Å². The lowest BCUT2D eigenvalue weighted by molar-refractivity contribution is -0.359. The summed E-state index contributed by atoms with van der Waals surface area (Å²) in [6, 6.07) is -0.939. The number of amides is 1. The van der Waals surface area contributed by atoms with Crippen molar-refractivity contribution in [1.82, 2.24) is 5.32 Å². The van der Waals surface area contributed by atoms with E-state index in [0.717, 1.165) is 89.9 Å². The fourth-order valence-corrected chi connectivity index (χ4v) is 11.1. The molecule has 14 heteroatoms. The Morgan fingerprint density at radius 3 is 1.21 bits per heavy atom. The Kier molecular flexibility index (Phi) is 55.1. The van der Waals surface area contributed by atoms with Crippen molar-refractivity contribution in [2.75, 3.05) is 19.8 Å². The standard InChI is InChI=1S/C77H131NO13/c1-3-5-7-9-11-13-15-17-19-21-23-24-25-26-27-28-29-30-31-32-33-34-35-36-37-38-39-40-41-42-43-45-47-49-51-53-55-57-59-61-69(82)78-65(66(81)60-58-56-54-52-50-48-46-44-22-20-18-16-14-12-10-8-6-4-2)64-88-76-74(87)72(85)75(68(63-80)90-76)91-77-73(86)71(84)70(83)67(62-79)89-77/h5,7,11,13,17,19,23-24,26-27,29-30,32-33,35-36,50,52,58,60,65-68,70-77,79-81,83-87H,3-4,6,8-10,12,14-16,18,20-22,25,28,31,34,37-49,51,53-57,59,61-64H2,1-2H3,(H,78,82)/b7-5-,13-11-,19-17-,24-23-,27-26-,30-29-,33-32-,36-35-,52-50+,60-58+. The quantitative estimate of drug-likeness (QED) is 0.0204. The van der Waals surface area contributed by atoms with Crippen LogP contribution in [0.15, 0.2) is 122 Å². The molecule has 0 aromatic rings. The first-order valence-electron chi connectivity index (χ1n) is 36.3. The SMILES string of the molecule is CC/C=C\C/C=C\C/C=C\C/C=C\C/C=C\C/C=C\C/C=C\C/C=C\CCCCCCCCCCCCCCCCC(=O)NC(COC1OC(CO)C(OC2OC(CO)C(O)C(O)C2O)C(O)C1O)C(O)/C=C/CC/C=C/CCCCCCCCCCCCCC. The van der Waals surface area contributed by atoms with Crippen molar-refractivity contribution in [3.63, 3.8) is 0 Å². The Bertz CT molecular complexity index is 1990.